The zero-order chi connectivity index (χ0) is 23.2. The summed E-state index contributed by atoms with van der Waals surface area (Å²) in [6.07, 6.45) is 9.83. The van der Waals surface area contributed by atoms with Crippen LogP contribution in [0.15, 0.2) is 70.2 Å². The number of furan rings is 1. The molecule has 172 valence electrons. The molecule has 0 bridgehead atoms. The molecule has 16 heteroatoms. The molecule has 1 aliphatic rings. The number of H-pyrrole nitrogens is 5. The Hall–Kier alpha value is -5.12. The van der Waals surface area contributed by atoms with E-state index in [4.69, 9.17) is 9.40 Å². The summed E-state index contributed by atoms with van der Waals surface area (Å²) < 4.78 is 6.01. The SMILES string of the molecule is c1coc(C2=C(c3nn[nH]n3)C(c3ncn[nH]3)=C(c3cn[nH]n3)S2(c2ccn[nH]2)c2ncc[nH]2)c1. The molecule has 0 aliphatic carbocycles. The maximum atomic E-state index is 6.01. The molecule has 1 unspecified atom stereocenters. The van der Waals surface area contributed by atoms with Crippen molar-refractivity contribution < 1.29 is 4.42 Å². The van der Waals surface area contributed by atoms with Gasteiger partial charge in [-0.15, -0.1) is 10.2 Å². The lowest BCUT2D eigenvalue weighted by molar-refractivity contribution is 0.556. The number of hydrogen-bond donors (Lipinski definition) is 5. The first-order valence-corrected chi connectivity index (χ1v) is 11.8. The molecule has 0 saturated carbocycles. The van der Waals surface area contributed by atoms with Crippen LogP contribution in [0.4, 0.5) is 0 Å². The molecule has 1 atom stereocenters. The standard InChI is InChI=1S/C19H14N14OS/c1-2-11(34-7-1)16-14(18-29-32-33-30-18)13(17-22-9-25-28-17)15(10-8-24-31-26-10)35(16,12-3-4-23-27-12)19-20-5-6-21-19/h1-9H,(H,20,21)(H,23,27)(H,22,25,28)(H,24,26,31)(H,29,30,32,33). The summed E-state index contributed by atoms with van der Waals surface area (Å²) >= 11 is 0. The molecule has 0 radical (unpaired) electrons. The van der Waals surface area contributed by atoms with Crippen molar-refractivity contribution >= 4 is 31.0 Å². The molecule has 6 aromatic rings. The highest BCUT2D eigenvalue weighted by Crippen LogP contribution is 2.83. The molecule has 7 heterocycles. The average molecular weight is 486 g/mol. The summed E-state index contributed by atoms with van der Waals surface area (Å²) in [5, 5.41) is 42.3. The quantitative estimate of drug-likeness (QED) is 0.231. The van der Waals surface area contributed by atoms with Crippen LogP contribution in [0.2, 0.25) is 0 Å². The second kappa shape index (κ2) is 7.45. The summed E-state index contributed by atoms with van der Waals surface area (Å²) in [6, 6.07) is 5.59. The summed E-state index contributed by atoms with van der Waals surface area (Å²) in [5.41, 5.74) is 1.86. The van der Waals surface area contributed by atoms with Crippen LogP contribution in [0.1, 0.15) is 23.1 Å². The van der Waals surface area contributed by atoms with E-state index in [2.05, 4.69) is 66.4 Å². The van der Waals surface area contributed by atoms with Crippen LogP contribution >= 0.6 is 10.0 Å². The van der Waals surface area contributed by atoms with E-state index >= 15 is 0 Å². The lowest BCUT2D eigenvalue weighted by atomic mass is 10.0. The van der Waals surface area contributed by atoms with E-state index in [0.717, 1.165) is 14.8 Å². The fourth-order valence-electron chi connectivity index (χ4n) is 4.30. The second-order valence-electron chi connectivity index (χ2n) is 7.24. The van der Waals surface area contributed by atoms with Crippen molar-refractivity contribution in [3.8, 4) is 0 Å². The van der Waals surface area contributed by atoms with Crippen molar-refractivity contribution in [1.29, 1.82) is 0 Å². The molecule has 0 spiro atoms. The molecule has 35 heavy (non-hydrogen) atoms. The van der Waals surface area contributed by atoms with Crippen molar-refractivity contribution in [1.82, 2.24) is 71.4 Å². The van der Waals surface area contributed by atoms with Gasteiger partial charge in [0.05, 0.1) is 28.0 Å². The number of rotatable bonds is 6. The Morgan fingerprint density at radius 2 is 1.89 bits per heavy atom. The third kappa shape index (κ3) is 2.64. The minimum absolute atomic E-state index is 0.337. The van der Waals surface area contributed by atoms with E-state index in [1.807, 2.05) is 18.2 Å². The first-order chi connectivity index (χ1) is 17.4. The van der Waals surface area contributed by atoms with E-state index in [1.165, 1.54) is 6.33 Å². The van der Waals surface area contributed by atoms with Crippen LogP contribution in [0.5, 0.6) is 0 Å². The van der Waals surface area contributed by atoms with Gasteiger partial charge < -0.3 is 9.40 Å². The van der Waals surface area contributed by atoms with E-state index in [9.17, 15) is 0 Å². The highest BCUT2D eigenvalue weighted by atomic mass is 32.3. The molecule has 1 aliphatic heterocycles. The fraction of sp³-hybridized carbons (Fsp3) is 0. The minimum Gasteiger partial charge on any atom is -0.464 e. The molecule has 0 aromatic carbocycles. The van der Waals surface area contributed by atoms with Crippen molar-refractivity contribution in [3.05, 3.63) is 78.7 Å². The summed E-state index contributed by atoms with van der Waals surface area (Å²) in [6.45, 7) is 0. The maximum absolute atomic E-state index is 6.01. The molecule has 0 fully saturated rings. The number of aromatic nitrogens is 14. The Balaban J connectivity index is 1.74. The van der Waals surface area contributed by atoms with E-state index in [1.54, 1.807) is 31.1 Å². The highest BCUT2D eigenvalue weighted by Gasteiger charge is 2.53. The number of hydrogen-bond acceptors (Lipinski definition) is 10. The van der Waals surface area contributed by atoms with E-state index in [0.29, 0.717) is 39.4 Å². The summed E-state index contributed by atoms with van der Waals surface area (Å²) in [4.78, 5) is 14.1. The lowest BCUT2D eigenvalue weighted by Gasteiger charge is -2.36. The van der Waals surface area contributed by atoms with E-state index in [-0.39, 0.29) is 0 Å². The fourth-order valence-corrected chi connectivity index (χ4v) is 8.29. The van der Waals surface area contributed by atoms with Gasteiger partial charge in [-0.3, -0.25) is 10.2 Å². The zero-order valence-corrected chi connectivity index (χ0v) is 18.4. The molecule has 5 N–H and O–H groups in total. The van der Waals surface area contributed by atoms with Gasteiger partial charge in [0.15, 0.2) is 11.0 Å². The number of tetrazole rings is 1. The van der Waals surface area contributed by atoms with Crippen LogP contribution in [-0.2, 0) is 0 Å². The van der Waals surface area contributed by atoms with Crippen molar-refractivity contribution in [2.45, 2.75) is 10.2 Å². The van der Waals surface area contributed by atoms with Gasteiger partial charge in [0.25, 0.3) is 0 Å². The van der Waals surface area contributed by atoms with Crippen LogP contribution in [0, 0.1) is 0 Å². The normalized spacial score (nSPS) is 20.0. The molecule has 0 amide bonds. The summed E-state index contributed by atoms with van der Waals surface area (Å²) in [5.74, 6) is 1.40. The van der Waals surface area contributed by atoms with Crippen molar-refractivity contribution in [2.24, 2.45) is 0 Å². The number of imidazole rings is 1. The largest absolute Gasteiger partial charge is 0.464 e. The topological polar surface area (TPSA) is 208 Å². The molecule has 0 saturated heterocycles. The maximum Gasteiger partial charge on any atom is 0.206 e. The zero-order valence-electron chi connectivity index (χ0n) is 17.5. The van der Waals surface area contributed by atoms with E-state index < -0.39 is 10.0 Å². The molecule has 7 rings (SSSR count). The van der Waals surface area contributed by atoms with Gasteiger partial charge in [-0.25, -0.2) is 9.97 Å². The Morgan fingerprint density at radius 3 is 2.54 bits per heavy atom. The summed E-state index contributed by atoms with van der Waals surface area (Å²) in [7, 11) is -2.46. The second-order valence-corrected chi connectivity index (χ2v) is 10.1. The number of allylic oxidation sites excluding steroid dienone is 2. The van der Waals surface area contributed by atoms with Gasteiger partial charge in [-0.05, 0) is 23.4 Å². The number of nitrogens with one attached hydrogen (secondary N) is 5. The van der Waals surface area contributed by atoms with Gasteiger partial charge in [0, 0.05) is 29.1 Å². The Labute approximate surface area is 195 Å². The molecule has 6 aromatic heterocycles. The van der Waals surface area contributed by atoms with Crippen LogP contribution in [-0.4, -0.2) is 71.4 Å². The predicted octanol–water partition coefficient (Wildman–Crippen LogP) is 1.85. The van der Waals surface area contributed by atoms with Gasteiger partial charge in [-0.1, -0.05) is 10.0 Å². The van der Waals surface area contributed by atoms with Gasteiger partial charge in [-0.2, -0.15) is 30.8 Å². The predicted molar refractivity (Wildman–Crippen MR) is 121 cm³/mol. The Morgan fingerprint density at radius 1 is 0.886 bits per heavy atom. The first kappa shape index (κ1) is 19.4. The van der Waals surface area contributed by atoms with Crippen molar-refractivity contribution in [3.63, 3.8) is 0 Å². The molecule has 15 nitrogen and oxygen atoms in total. The lowest BCUT2D eigenvalue weighted by Crippen LogP contribution is -2.08. The highest BCUT2D eigenvalue weighted by molar-refractivity contribution is 8.48. The van der Waals surface area contributed by atoms with Gasteiger partial charge in [0.1, 0.15) is 17.8 Å². The van der Waals surface area contributed by atoms with Crippen LogP contribution < -0.4 is 0 Å². The number of nitrogens with zero attached hydrogens (tertiary/aromatic N) is 9. The Bertz CT molecular complexity index is 1490. The van der Waals surface area contributed by atoms with Crippen molar-refractivity contribution in [2.75, 3.05) is 0 Å². The van der Waals surface area contributed by atoms with Gasteiger partial charge in [0.2, 0.25) is 5.82 Å². The van der Waals surface area contributed by atoms with Crippen LogP contribution in [0.25, 0.3) is 21.0 Å². The monoisotopic (exact) mass is 486 g/mol. The van der Waals surface area contributed by atoms with Gasteiger partial charge >= 0.3 is 0 Å². The third-order valence-electron chi connectivity index (χ3n) is 5.50. The molecular weight excluding hydrogens is 472 g/mol. The van der Waals surface area contributed by atoms with Crippen LogP contribution in [0.3, 0.4) is 0 Å². The number of aromatic amines is 5. The minimum atomic E-state index is -2.46. The average Bonchev–Trinajstić information content (AvgIpc) is 3.71. The Kier molecular flexibility index (Phi) is 4.12. The molecular formula is C19H14N14OS. The first-order valence-electron chi connectivity index (χ1n) is 10.2. The third-order valence-corrected chi connectivity index (χ3v) is 9.23. The smallest absolute Gasteiger partial charge is 0.206 e.